The largest absolute Gasteiger partial charge is 0.480 e. The number of carboxylic acid groups (broad SMARTS) is 1. The molecule has 5 fully saturated rings. The van der Waals surface area contributed by atoms with Crippen molar-refractivity contribution in [3.63, 3.8) is 0 Å². The van der Waals surface area contributed by atoms with E-state index in [1.807, 2.05) is 6.92 Å². The second kappa shape index (κ2) is 45.9. The summed E-state index contributed by atoms with van der Waals surface area (Å²) in [6, 6.07) is -20.8. The Labute approximate surface area is 674 Å². The van der Waals surface area contributed by atoms with E-state index in [9.17, 15) is 106 Å². The molecule has 0 bridgehead atoms. The highest BCUT2D eigenvalue weighted by atomic mass is 16.4. The second-order valence-electron chi connectivity index (χ2n) is 31.8. The first-order valence-corrected chi connectivity index (χ1v) is 40.3. The molecule has 18 amide bonds. The Balaban J connectivity index is 1.28. The van der Waals surface area contributed by atoms with Crippen LogP contribution >= 0.6 is 0 Å². The van der Waals surface area contributed by atoms with E-state index in [1.165, 1.54) is 14.7 Å². The number of rotatable bonds is 46. The van der Waals surface area contributed by atoms with Crippen molar-refractivity contribution in [2.75, 3.05) is 39.3 Å². The van der Waals surface area contributed by atoms with Crippen LogP contribution < -0.4 is 81.4 Å². The number of aliphatic hydroxyl groups is 2. The lowest BCUT2D eigenvalue weighted by molar-refractivity contribution is -0.149. The standard InChI is InChI=1S/C75H123N19O22/c1-10-39(7)58(88-61(101)42-17-12-28-80-42)73(113)93-31-15-20-52(93)68(108)82-44(23-26-55(77)98)63(103)87-49(36-95)66(106)86-48(34-38(5)6)71(111)91-29-13-18-50(91)67(107)81-43(22-25-54(76)97)62(102)84-47(35-57(79)100)65(105)89-59(40(8)11-2)74(114)94-32-16-21-53(94)72(112)92-30-14-19-51(92)69(109)85-46(33-37(3)4)64(104)90-60(41(9)96)70(110)83-45(75(115)116)24-27-56(78)99/h37-53,58-60,80,95-96H,10-36H2,1-9H3,(H2,76,97)(H2,77,98)(H2,78,99)(H2,79,100)(H,81,107)(H,82,108)(H,83,110)(H,84,102)(H,85,109)(H,86,106)(H,87,103)(H,88,101)(H,89,105)(H,90,104)(H,115,116)/t39-,40-,41+,42-,43-,44-,45-,46-,47-,48-,49-,50-,51-,52-,53-,58-,59-,60-/m0/s1. The Morgan fingerprint density at radius 3 is 1.19 bits per heavy atom. The van der Waals surface area contributed by atoms with Gasteiger partial charge < -0.3 is 116 Å². The number of carboxylic acids is 1. The number of aliphatic hydroxyl groups excluding tert-OH is 2. The van der Waals surface area contributed by atoms with Gasteiger partial charge in [0.25, 0.3) is 0 Å². The molecule has 0 aliphatic carbocycles. The van der Waals surface area contributed by atoms with Crippen LogP contribution in [0.4, 0.5) is 0 Å². The highest BCUT2D eigenvalue weighted by Crippen LogP contribution is 2.29. The smallest absolute Gasteiger partial charge is 0.326 e. The molecule has 116 heavy (non-hydrogen) atoms. The summed E-state index contributed by atoms with van der Waals surface area (Å²) in [6.07, 6.45) is -1.50. The van der Waals surface area contributed by atoms with Gasteiger partial charge >= 0.3 is 5.97 Å². The van der Waals surface area contributed by atoms with Crippen LogP contribution in [0, 0.1) is 23.7 Å². The molecule has 0 aromatic rings. The van der Waals surface area contributed by atoms with E-state index in [-0.39, 0.29) is 108 Å². The van der Waals surface area contributed by atoms with E-state index < -0.39 is 254 Å². The van der Waals surface area contributed by atoms with Crippen LogP contribution in [-0.2, 0) is 91.1 Å². The van der Waals surface area contributed by atoms with Gasteiger partial charge in [0.1, 0.15) is 84.6 Å². The van der Waals surface area contributed by atoms with Crippen molar-refractivity contribution in [1.29, 1.82) is 0 Å². The zero-order valence-corrected chi connectivity index (χ0v) is 67.8. The third kappa shape index (κ3) is 28.0. The topological polar surface area (TPSA) is 634 Å². The fraction of sp³-hybridized carbons (Fsp3) is 0.747. The zero-order chi connectivity index (χ0) is 86.7. The van der Waals surface area contributed by atoms with E-state index in [0.717, 1.165) is 18.2 Å². The Kier molecular flexibility index (Phi) is 38.2. The van der Waals surface area contributed by atoms with Crippen molar-refractivity contribution in [2.24, 2.45) is 46.6 Å². The third-order valence-electron chi connectivity index (χ3n) is 21.8. The maximum Gasteiger partial charge on any atom is 0.326 e. The van der Waals surface area contributed by atoms with E-state index in [2.05, 4.69) is 58.5 Å². The lowest BCUT2D eigenvalue weighted by atomic mass is 9.96. The molecule has 0 spiro atoms. The molecule has 0 aromatic carbocycles. The maximum atomic E-state index is 14.9. The molecule has 5 aliphatic rings. The average Bonchev–Trinajstić information content (AvgIpc) is 1.64. The molecule has 5 aliphatic heterocycles. The van der Waals surface area contributed by atoms with Crippen LogP contribution in [-0.4, -0.2) is 283 Å². The first kappa shape index (κ1) is 96.4. The molecule has 0 unspecified atom stereocenters. The summed E-state index contributed by atoms with van der Waals surface area (Å²) < 4.78 is 0. The van der Waals surface area contributed by atoms with E-state index >= 15 is 0 Å². The van der Waals surface area contributed by atoms with Crippen LogP contribution in [0.25, 0.3) is 0 Å². The molecular weight excluding hydrogens is 1520 g/mol. The predicted molar refractivity (Wildman–Crippen MR) is 413 cm³/mol. The number of amides is 18. The van der Waals surface area contributed by atoms with E-state index in [4.69, 9.17) is 22.9 Å². The van der Waals surface area contributed by atoms with Crippen molar-refractivity contribution >= 4 is 112 Å². The Morgan fingerprint density at radius 1 is 0.388 bits per heavy atom. The van der Waals surface area contributed by atoms with Crippen molar-refractivity contribution in [1.82, 2.24) is 78.1 Å². The molecular formula is C75H123N19O22. The van der Waals surface area contributed by atoms with Crippen LogP contribution in [0.1, 0.15) is 197 Å². The predicted octanol–water partition coefficient (Wildman–Crippen LogP) is -6.14. The summed E-state index contributed by atoms with van der Waals surface area (Å²) in [7, 11) is 0. The number of primary amides is 4. The number of nitrogens with two attached hydrogens (primary N) is 4. The highest BCUT2D eigenvalue weighted by molar-refractivity contribution is 6.02. The van der Waals surface area contributed by atoms with Crippen LogP contribution in [0.15, 0.2) is 0 Å². The van der Waals surface area contributed by atoms with Crippen LogP contribution in [0.5, 0.6) is 0 Å². The summed E-state index contributed by atoms with van der Waals surface area (Å²) in [5.41, 5.74) is 21.8. The van der Waals surface area contributed by atoms with Gasteiger partial charge in [-0.15, -0.1) is 0 Å². The summed E-state index contributed by atoms with van der Waals surface area (Å²) in [5, 5.41) is 59.2. The Bertz CT molecular complexity index is 3560. The average molecular weight is 1640 g/mol. The minimum absolute atomic E-state index is 0.00197. The molecule has 0 radical (unpaired) electrons. The van der Waals surface area contributed by atoms with Crippen LogP contribution in [0.3, 0.4) is 0 Å². The van der Waals surface area contributed by atoms with Gasteiger partial charge in [0.05, 0.1) is 25.2 Å². The minimum Gasteiger partial charge on any atom is -0.480 e. The Morgan fingerprint density at radius 2 is 0.759 bits per heavy atom. The normalized spacial score (nSPS) is 21.3. The molecule has 5 heterocycles. The molecule has 41 heteroatoms. The fourth-order valence-corrected chi connectivity index (χ4v) is 14.9. The highest BCUT2D eigenvalue weighted by Gasteiger charge is 2.48. The summed E-state index contributed by atoms with van der Waals surface area (Å²) >= 11 is 0. The van der Waals surface area contributed by atoms with Gasteiger partial charge in [-0.3, -0.25) is 86.3 Å². The number of likely N-dealkylation sites (tertiary alicyclic amines) is 4. The number of nitrogens with zero attached hydrogens (tertiary/aromatic N) is 4. The van der Waals surface area contributed by atoms with Gasteiger partial charge in [0.15, 0.2) is 0 Å². The number of carbonyl (C=O) groups excluding carboxylic acids is 18. The maximum absolute atomic E-state index is 14.9. The number of aliphatic carboxylic acids is 1. The first-order chi connectivity index (χ1) is 54.6. The molecule has 5 saturated heterocycles. The fourth-order valence-electron chi connectivity index (χ4n) is 14.9. The molecule has 22 N–H and O–H groups in total. The number of hydrogen-bond donors (Lipinski definition) is 18. The molecule has 41 nitrogen and oxygen atoms in total. The lowest BCUT2D eigenvalue weighted by Crippen LogP contribution is -2.62. The van der Waals surface area contributed by atoms with E-state index in [1.54, 1.807) is 48.5 Å². The summed E-state index contributed by atoms with van der Waals surface area (Å²) in [5.74, 6) is -18.9. The van der Waals surface area contributed by atoms with Crippen molar-refractivity contribution in [2.45, 2.75) is 294 Å². The quantitative estimate of drug-likeness (QED) is 0.0270. The summed E-state index contributed by atoms with van der Waals surface area (Å²) in [4.78, 5) is 265. The SMILES string of the molecule is CC[C@H](C)[C@H](NC(=O)[C@@H]1CCCN1)C(=O)N1CCC[C@H]1C(=O)N[C@@H](CCC(N)=O)C(=O)N[C@@H](CO)C(=O)N[C@@H](CC(C)C)C(=O)N1CCC[C@H]1C(=O)N[C@@H](CCC(N)=O)C(=O)N[C@@H](CC(N)=O)C(=O)N[C@H](C(=O)N1CCC[C@H]1C(=O)N1CCC[C@H]1C(=O)N[C@@H](CC(C)C)C(=O)N[C@H](C(=O)N[C@@H](CCC(N)=O)C(=O)O)[C@@H](C)O)[C@@H](C)CC. The van der Waals surface area contributed by atoms with Crippen molar-refractivity contribution in [3.05, 3.63) is 0 Å². The molecule has 0 aromatic heterocycles. The Hall–Kier alpha value is -10.2. The van der Waals surface area contributed by atoms with Crippen LogP contribution in [0.2, 0.25) is 0 Å². The molecule has 18 atom stereocenters. The molecule has 650 valence electrons. The summed E-state index contributed by atoms with van der Waals surface area (Å²) in [6.45, 7) is 14.8. The van der Waals surface area contributed by atoms with Gasteiger partial charge in [0.2, 0.25) is 106 Å². The van der Waals surface area contributed by atoms with Crippen molar-refractivity contribution < 1.29 is 106 Å². The monoisotopic (exact) mass is 1640 g/mol. The molecule has 0 saturated carbocycles. The van der Waals surface area contributed by atoms with Crippen molar-refractivity contribution in [3.8, 4) is 0 Å². The second-order valence-corrected chi connectivity index (χ2v) is 31.8. The van der Waals surface area contributed by atoms with Gasteiger partial charge in [-0.2, -0.15) is 0 Å². The van der Waals surface area contributed by atoms with Gasteiger partial charge in [0, 0.05) is 45.4 Å². The lowest BCUT2D eigenvalue weighted by Gasteiger charge is -2.35. The minimum atomic E-state index is -1.86. The number of nitrogens with one attached hydrogen (secondary N) is 11. The van der Waals surface area contributed by atoms with Gasteiger partial charge in [-0.05, 0) is 133 Å². The molecule has 5 rings (SSSR count). The van der Waals surface area contributed by atoms with E-state index in [0.29, 0.717) is 38.6 Å². The van der Waals surface area contributed by atoms with Gasteiger partial charge in [-0.25, -0.2) is 4.79 Å². The number of carbonyl (C=O) groups is 19. The zero-order valence-electron chi connectivity index (χ0n) is 67.8. The third-order valence-corrected chi connectivity index (χ3v) is 21.8. The van der Waals surface area contributed by atoms with Gasteiger partial charge in [-0.1, -0.05) is 68.2 Å². The first-order valence-electron chi connectivity index (χ1n) is 40.3. The number of hydrogen-bond acceptors (Lipinski definition) is 22.